The van der Waals surface area contributed by atoms with Crippen LogP contribution in [-0.4, -0.2) is 66.1 Å². The minimum atomic E-state index is -4.79. The number of benzene rings is 2. The zero-order chi connectivity index (χ0) is 32.3. The fourth-order valence-electron chi connectivity index (χ4n) is 5.65. The van der Waals surface area contributed by atoms with Crippen molar-refractivity contribution in [3.8, 4) is 0 Å². The summed E-state index contributed by atoms with van der Waals surface area (Å²) in [6, 6.07) is 18.8. The van der Waals surface area contributed by atoms with Crippen molar-refractivity contribution in [2.45, 2.75) is 24.9 Å². The number of piperazine rings is 1. The number of carbonyl (C=O) groups is 2. The Hall–Kier alpha value is -4.72. The third-order valence-electron chi connectivity index (χ3n) is 8.14. The van der Waals surface area contributed by atoms with E-state index in [4.69, 9.17) is 0 Å². The zero-order valence-electron chi connectivity index (χ0n) is 24.6. The molecule has 2 fully saturated rings. The van der Waals surface area contributed by atoms with Crippen LogP contribution in [0, 0.1) is 5.82 Å². The van der Waals surface area contributed by atoms with Crippen LogP contribution in [0.5, 0.6) is 0 Å². The van der Waals surface area contributed by atoms with E-state index in [0.29, 0.717) is 51.0 Å². The van der Waals surface area contributed by atoms with Crippen LogP contribution in [0.2, 0.25) is 0 Å². The van der Waals surface area contributed by atoms with E-state index >= 15 is 0 Å². The lowest BCUT2D eigenvalue weighted by molar-refractivity contribution is -0.141. The van der Waals surface area contributed by atoms with Gasteiger partial charge in [-0.05, 0) is 48.6 Å². The molecular weight excluding hydrogens is 622 g/mol. The number of alkyl halides is 3. The van der Waals surface area contributed by atoms with Crippen LogP contribution in [-0.2, 0) is 6.18 Å². The summed E-state index contributed by atoms with van der Waals surface area (Å²) < 4.78 is 55.8. The monoisotopic (exact) mass is 653 g/mol. The molecule has 2 aromatic carbocycles. The summed E-state index contributed by atoms with van der Waals surface area (Å²) in [5, 5.41) is 5.29. The maximum absolute atomic E-state index is 14.0. The molecule has 4 aromatic rings. The minimum Gasteiger partial charge on any atom is -0.353 e. The zero-order valence-corrected chi connectivity index (χ0v) is 25.5. The van der Waals surface area contributed by atoms with Crippen LogP contribution in [0.3, 0.4) is 0 Å². The molecule has 46 heavy (non-hydrogen) atoms. The second-order valence-corrected chi connectivity index (χ2v) is 12.1. The highest BCUT2D eigenvalue weighted by molar-refractivity contribution is 7.17. The third kappa shape index (κ3) is 7.06. The van der Waals surface area contributed by atoms with E-state index in [9.17, 15) is 27.2 Å². The van der Waals surface area contributed by atoms with Gasteiger partial charge in [-0.2, -0.15) is 13.2 Å². The summed E-state index contributed by atoms with van der Waals surface area (Å²) in [6.07, 6.45) is -1.85. The van der Waals surface area contributed by atoms with Crippen LogP contribution in [0.4, 0.5) is 44.7 Å². The highest BCUT2D eigenvalue weighted by atomic mass is 32.1. The molecule has 240 valence electrons. The number of anilines is 4. The van der Waals surface area contributed by atoms with Crippen LogP contribution in [0.1, 0.15) is 39.7 Å². The molecule has 0 saturated carbocycles. The van der Waals surface area contributed by atoms with Gasteiger partial charge in [0.15, 0.2) is 10.8 Å². The molecule has 3 amide bonds. The first kappa shape index (κ1) is 31.3. The molecule has 0 unspecified atom stereocenters. The molecule has 0 bridgehead atoms. The molecule has 4 heterocycles. The average Bonchev–Trinajstić information content (AvgIpc) is 3.54. The smallest absolute Gasteiger partial charge is 0.353 e. The molecule has 0 spiro atoms. The number of hydrogen-bond acceptors (Lipinski definition) is 7. The van der Waals surface area contributed by atoms with Crippen molar-refractivity contribution in [1.82, 2.24) is 14.9 Å². The Morgan fingerprint density at radius 3 is 2.17 bits per heavy atom. The van der Waals surface area contributed by atoms with E-state index in [1.165, 1.54) is 23.9 Å². The lowest BCUT2D eigenvalue weighted by atomic mass is 9.90. The van der Waals surface area contributed by atoms with Gasteiger partial charge in [0.1, 0.15) is 16.5 Å². The maximum Gasteiger partial charge on any atom is 0.435 e. The molecule has 2 N–H and O–H groups in total. The SMILES string of the molecule is O=C(Nc1ccc(N2CCN(C(=O)Nc3ccccc3F)CC2)nc1)c1sc(N2CCC(c3ccccc3)CC2)nc1C(F)(F)F. The van der Waals surface area contributed by atoms with Gasteiger partial charge < -0.3 is 25.3 Å². The predicted molar refractivity (Wildman–Crippen MR) is 169 cm³/mol. The van der Waals surface area contributed by atoms with Crippen molar-refractivity contribution in [2.75, 3.05) is 59.7 Å². The van der Waals surface area contributed by atoms with Gasteiger partial charge in [0.2, 0.25) is 0 Å². The highest BCUT2D eigenvalue weighted by Crippen LogP contribution is 2.39. The Morgan fingerprint density at radius 1 is 0.826 bits per heavy atom. The van der Waals surface area contributed by atoms with Crippen LogP contribution >= 0.6 is 11.3 Å². The molecule has 14 heteroatoms. The van der Waals surface area contributed by atoms with E-state index in [-0.39, 0.29) is 16.5 Å². The molecule has 0 atom stereocenters. The Labute approximate surface area is 266 Å². The van der Waals surface area contributed by atoms with Crippen molar-refractivity contribution in [3.05, 3.63) is 94.9 Å². The van der Waals surface area contributed by atoms with E-state index in [2.05, 4.69) is 32.7 Å². The van der Waals surface area contributed by atoms with Gasteiger partial charge in [0.25, 0.3) is 5.91 Å². The van der Waals surface area contributed by atoms with Crippen LogP contribution < -0.4 is 20.4 Å². The molecule has 2 aromatic heterocycles. The normalized spacial score (nSPS) is 16.0. The molecule has 6 rings (SSSR count). The first-order valence-corrected chi connectivity index (χ1v) is 15.7. The average molecular weight is 654 g/mol. The van der Waals surface area contributed by atoms with E-state index in [0.717, 1.165) is 24.2 Å². The standard InChI is InChI=1S/C32H31F4N7O2S/c33-24-8-4-5-9-25(24)39-30(45)42-18-16-41(17-19-42)26-11-10-23(20-37-26)38-29(44)27-28(32(34,35)36)40-31(46-27)43-14-12-22(13-15-43)21-6-2-1-3-7-21/h1-11,20,22H,12-19H2,(H,38,44)(H,39,45). The second-order valence-electron chi connectivity index (χ2n) is 11.1. The molecule has 2 aliphatic rings. The Bertz CT molecular complexity index is 1670. The van der Waals surface area contributed by atoms with Gasteiger partial charge >= 0.3 is 12.2 Å². The lowest BCUT2D eigenvalue weighted by Crippen LogP contribution is -2.50. The number of halogens is 4. The second kappa shape index (κ2) is 13.3. The van der Waals surface area contributed by atoms with Gasteiger partial charge in [0.05, 0.1) is 17.6 Å². The van der Waals surface area contributed by atoms with E-state index < -0.39 is 34.5 Å². The Morgan fingerprint density at radius 2 is 1.52 bits per heavy atom. The number of urea groups is 1. The molecular formula is C32H31F4N7O2S. The quantitative estimate of drug-likeness (QED) is 0.226. The number of piperidine rings is 1. The number of nitrogens with one attached hydrogen (secondary N) is 2. The largest absolute Gasteiger partial charge is 0.435 e. The number of rotatable bonds is 6. The summed E-state index contributed by atoms with van der Waals surface area (Å²) in [6.45, 7) is 2.76. The molecule has 2 aliphatic heterocycles. The summed E-state index contributed by atoms with van der Waals surface area (Å²) in [4.78, 5) is 38.7. The number of thiazole rings is 1. The van der Waals surface area contributed by atoms with Crippen molar-refractivity contribution < 1.29 is 27.2 Å². The number of pyridine rings is 1. The van der Waals surface area contributed by atoms with Crippen molar-refractivity contribution >= 4 is 45.6 Å². The van der Waals surface area contributed by atoms with Gasteiger partial charge in [-0.3, -0.25) is 4.79 Å². The molecule has 9 nitrogen and oxygen atoms in total. The highest BCUT2D eigenvalue weighted by Gasteiger charge is 2.40. The van der Waals surface area contributed by atoms with Gasteiger partial charge in [-0.15, -0.1) is 0 Å². The third-order valence-corrected chi connectivity index (χ3v) is 9.25. The lowest BCUT2D eigenvalue weighted by Gasteiger charge is -2.35. The van der Waals surface area contributed by atoms with Crippen molar-refractivity contribution in [1.29, 1.82) is 0 Å². The van der Waals surface area contributed by atoms with Crippen molar-refractivity contribution in [2.24, 2.45) is 0 Å². The number of amides is 3. The first-order chi connectivity index (χ1) is 22.2. The fraction of sp³-hybridized carbons (Fsp3) is 0.312. The number of hydrogen-bond donors (Lipinski definition) is 2. The van der Waals surface area contributed by atoms with Gasteiger partial charge in [-0.25, -0.2) is 19.2 Å². The van der Waals surface area contributed by atoms with Crippen LogP contribution in [0.15, 0.2) is 72.9 Å². The topological polar surface area (TPSA) is 93.7 Å². The molecule has 0 radical (unpaired) electrons. The van der Waals surface area contributed by atoms with Gasteiger partial charge in [-0.1, -0.05) is 53.8 Å². The number of aromatic nitrogens is 2. The van der Waals surface area contributed by atoms with E-state index in [1.807, 2.05) is 28.0 Å². The summed E-state index contributed by atoms with van der Waals surface area (Å²) in [5.74, 6) is -0.511. The summed E-state index contributed by atoms with van der Waals surface area (Å²) >= 11 is 0.743. The Balaban J connectivity index is 1.06. The minimum absolute atomic E-state index is 0.106. The molecule has 0 aliphatic carbocycles. The maximum atomic E-state index is 14.0. The summed E-state index contributed by atoms with van der Waals surface area (Å²) in [7, 11) is 0. The number of para-hydroxylation sites is 1. The Kier molecular flexibility index (Phi) is 9.06. The van der Waals surface area contributed by atoms with Gasteiger partial charge in [0, 0.05) is 39.3 Å². The predicted octanol–water partition coefficient (Wildman–Crippen LogP) is 6.69. The first-order valence-electron chi connectivity index (χ1n) is 14.9. The van der Waals surface area contributed by atoms with Crippen molar-refractivity contribution in [3.63, 3.8) is 0 Å². The molecule has 2 saturated heterocycles. The summed E-state index contributed by atoms with van der Waals surface area (Å²) in [5.41, 5.74) is 0.359. The van der Waals surface area contributed by atoms with Crippen LogP contribution in [0.25, 0.3) is 0 Å². The van der Waals surface area contributed by atoms with E-state index in [1.54, 1.807) is 29.2 Å². The number of carbonyl (C=O) groups excluding carboxylic acids is 2. The fourth-order valence-corrected chi connectivity index (χ4v) is 6.68. The number of nitrogens with zero attached hydrogens (tertiary/aromatic N) is 5.